The van der Waals surface area contributed by atoms with Crippen LogP contribution in [0.25, 0.3) is 23.0 Å². The molecule has 10 nitrogen and oxygen atoms in total. The number of hydrogen-bond acceptors (Lipinski definition) is 10. The molecule has 0 bridgehead atoms. The lowest BCUT2D eigenvalue weighted by atomic mass is 9.90. The lowest BCUT2D eigenvalue weighted by Crippen LogP contribution is -2.30. The van der Waals surface area contributed by atoms with E-state index in [1.54, 1.807) is 0 Å². The summed E-state index contributed by atoms with van der Waals surface area (Å²) in [5.41, 5.74) is 4.83. The van der Waals surface area contributed by atoms with E-state index >= 15 is 0 Å². The van der Waals surface area contributed by atoms with Crippen LogP contribution in [-0.4, -0.2) is 61.6 Å². The quantitative estimate of drug-likeness (QED) is 0.182. The highest BCUT2D eigenvalue weighted by molar-refractivity contribution is 5.84. The van der Waals surface area contributed by atoms with Crippen LogP contribution in [0.3, 0.4) is 0 Å². The number of nitrogens with zero attached hydrogens (tertiary/aromatic N) is 7. The van der Waals surface area contributed by atoms with Gasteiger partial charge in [0.25, 0.3) is 0 Å². The second kappa shape index (κ2) is 15.7. The number of likely N-dealkylation sites (N-methyl/N-ethyl adjacent to an activating group) is 1. The standard InChI is InChI=1S/C20H25FN4O.C19H23FN4O/c1-20(2,3)11-14(26)12-25(4)19-15-6-5-7-16(15)23-18(24-19)17-10-13(21)8-9-22-17;1-19(2,3)10-13(25)11-22-17-14-5-4-6-15(14)23-18(24-17)16-9-12(20)7-8-21-16/h8-10H,5-7,11-12H2,1-4H3;7-9H,4-6,10-11H2,1-3H3,(H,22,23,24). The Kier molecular flexibility index (Phi) is 11.5. The van der Waals surface area contributed by atoms with E-state index in [2.05, 4.69) is 56.0 Å². The molecule has 0 aliphatic heterocycles. The Morgan fingerprint density at radius 3 is 1.78 bits per heavy atom. The number of aromatic nitrogens is 6. The Balaban J connectivity index is 0.000000198. The number of halogens is 2. The van der Waals surface area contributed by atoms with Crippen molar-refractivity contribution in [2.75, 3.05) is 30.4 Å². The van der Waals surface area contributed by atoms with Crippen molar-refractivity contribution in [2.45, 2.75) is 92.9 Å². The smallest absolute Gasteiger partial charge is 0.180 e. The molecule has 0 radical (unpaired) electrons. The first-order valence-electron chi connectivity index (χ1n) is 17.6. The molecule has 51 heavy (non-hydrogen) atoms. The molecule has 6 rings (SSSR count). The van der Waals surface area contributed by atoms with Gasteiger partial charge in [0.1, 0.15) is 34.7 Å². The van der Waals surface area contributed by atoms with Crippen LogP contribution in [-0.2, 0) is 35.3 Å². The molecular formula is C39H48F2N8O2. The van der Waals surface area contributed by atoms with Gasteiger partial charge in [0, 0.05) is 66.9 Å². The number of Topliss-reactive ketones (excluding diaryl/α,β-unsaturated/α-hetero) is 2. The number of nitrogens with one attached hydrogen (secondary N) is 1. The van der Waals surface area contributed by atoms with Gasteiger partial charge < -0.3 is 10.2 Å². The number of fused-ring (bicyclic) bond motifs is 2. The molecule has 0 aromatic carbocycles. The molecule has 0 fully saturated rings. The molecule has 0 unspecified atom stereocenters. The number of aryl methyl sites for hydroxylation is 2. The van der Waals surface area contributed by atoms with Crippen molar-refractivity contribution in [3.63, 3.8) is 0 Å². The minimum atomic E-state index is -0.371. The first kappa shape index (κ1) is 37.5. The van der Waals surface area contributed by atoms with Crippen LogP contribution in [0.2, 0.25) is 0 Å². The van der Waals surface area contributed by atoms with Crippen molar-refractivity contribution in [3.05, 3.63) is 70.8 Å². The summed E-state index contributed by atoms with van der Waals surface area (Å²) in [5.74, 6) is 1.82. The summed E-state index contributed by atoms with van der Waals surface area (Å²) in [4.78, 5) is 53.1. The van der Waals surface area contributed by atoms with Gasteiger partial charge >= 0.3 is 0 Å². The summed E-state index contributed by atoms with van der Waals surface area (Å²) in [6.45, 7) is 12.8. The molecule has 4 heterocycles. The summed E-state index contributed by atoms with van der Waals surface area (Å²) in [6.07, 6.45) is 9.39. The van der Waals surface area contributed by atoms with Crippen molar-refractivity contribution in [1.82, 2.24) is 29.9 Å². The molecule has 0 amide bonds. The lowest BCUT2D eigenvalue weighted by molar-refractivity contribution is -0.120. The van der Waals surface area contributed by atoms with Crippen molar-refractivity contribution < 1.29 is 18.4 Å². The molecule has 0 saturated carbocycles. The van der Waals surface area contributed by atoms with E-state index in [4.69, 9.17) is 0 Å². The maximum Gasteiger partial charge on any atom is 0.180 e. The molecular weight excluding hydrogens is 650 g/mol. The first-order chi connectivity index (χ1) is 24.0. The second-order valence-corrected chi connectivity index (χ2v) is 15.8. The van der Waals surface area contributed by atoms with Gasteiger partial charge in [0.2, 0.25) is 0 Å². The highest BCUT2D eigenvalue weighted by Gasteiger charge is 2.25. The number of carbonyl (C=O) groups excluding carboxylic acids is 2. The number of carbonyl (C=O) groups is 2. The lowest BCUT2D eigenvalue weighted by Gasteiger charge is -2.23. The molecule has 2 aliphatic rings. The monoisotopic (exact) mass is 698 g/mol. The fourth-order valence-electron chi connectivity index (χ4n) is 6.41. The van der Waals surface area contributed by atoms with Crippen molar-refractivity contribution in [1.29, 1.82) is 0 Å². The molecule has 12 heteroatoms. The van der Waals surface area contributed by atoms with Crippen molar-refractivity contribution >= 4 is 23.2 Å². The number of pyridine rings is 2. The maximum absolute atomic E-state index is 13.6. The van der Waals surface area contributed by atoms with Crippen LogP contribution in [0.5, 0.6) is 0 Å². The zero-order valence-corrected chi connectivity index (χ0v) is 30.7. The zero-order chi connectivity index (χ0) is 36.9. The molecule has 0 spiro atoms. The van der Waals surface area contributed by atoms with E-state index in [-0.39, 0.29) is 40.6 Å². The van der Waals surface area contributed by atoms with Crippen LogP contribution >= 0.6 is 0 Å². The topological polar surface area (TPSA) is 127 Å². The zero-order valence-electron chi connectivity index (χ0n) is 30.7. The number of rotatable bonds is 10. The SMILES string of the molecule is CC(C)(C)CC(=O)CNc1nc(-c2cc(F)ccn2)nc2c1CCC2.CN(CC(=O)CC(C)(C)C)c1nc(-c2cc(F)ccn2)nc2c1CCC2. The number of hydrogen-bond donors (Lipinski definition) is 1. The molecule has 1 N–H and O–H groups in total. The van der Waals surface area contributed by atoms with Gasteiger partial charge in [-0.05, 0) is 61.5 Å². The van der Waals surface area contributed by atoms with Crippen LogP contribution in [0, 0.1) is 22.5 Å². The third-order valence-corrected chi connectivity index (χ3v) is 8.43. The Labute approximate surface area is 299 Å². The third kappa shape index (κ3) is 10.4. The minimum Gasteiger partial charge on any atom is -0.363 e. The van der Waals surface area contributed by atoms with Gasteiger partial charge in [-0.2, -0.15) is 0 Å². The summed E-state index contributed by atoms with van der Waals surface area (Å²) >= 11 is 0. The second-order valence-electron chi connectivity index (χ2n) is 15.8. The van der Waals surface area contributed by atoms with Gasteiger partial charge in [-0.3, -0.25) is 19.6 Å². The van der Waals surface area contributed by atoms with E-state index in [1.165, 1.54) is 36.7 Å². The van der Waals surface area contributed by atoms with E-state index in [0.29, 0.717) is 48.2 Å². The van der Waals surface area contributed by atoms with Crippen LogP contribution < -0.4 is 10.2 Å². The highest BCUT2D eigenvalue weighted by Crippen LogP contribution is 2.32. The molecule has 2 aliphatic carbocycles. The van der Waals surface area contributed by atoms with Gasteiger partial charge in [-0.25, -0.2) is 28.7 Å². The first-order valence-corrected chi connectivity index (χ1v) is 17.6. The third-order valence-electron chi connectivity index (χ3n) is 8.43. The average molecular weight is 699 g/mol. The van der Waals surface area contributed by atoms with Crippen molar-refractivity contribution in [2.24, 2.45) is 10.8 Å². The largest absolute Gasteiger partial charge is 0.363 e. The summed E-state index contributed by atoms with van der Waals surface area (Å²) in [6, 6.07) is 5.26. The van der Waals surface area contributed by atoms with Crippen LogP contribution in [0.1, 0.15) is 89.7 Å². The van der Waals surface area contributed by atoms with Gasteiger partial charge in [0.05, 0.1) is 13.1 Å². The van der Waals surface area contributed by atoms with Gasteiger partial charge in [0.15, 0.2) is 23.2 Å². The number of anilines is 2. The van der Waals surface area contributed by atoms with Gasteiger partial charge in [-0.15, -0.1) is 0 Å². The Morgan fingerprint density at radius 2 is 1.24 bits per heavy atom. The fraction of sp³-hybridized carbons (Fsp3) is 0.487. The summed E-state index contributed by atoms with van der Waals surface area (Å²) in [5, 5.41) is 3.17. The molecule has 4 aromatic rings. The van der Waals surface area contributed by atoms with Gasteiger partial charge in [-0.1, -0.05) is 41.5 Å². The predicted octanol–water partition coefficient (Wildman–Crippen LogP) is 7.19. The normalized spacial score (nSPS) is 13.6. The van der Waals surface area contributed by atoms with Crippen LogP contribution in [0.15, 0.2) is 36.7 Å². The Bertz CT molecular complexity index is 1900. The van der Waals surface area contributed by atoms with E-state index < -0.39 is 0 Å². The predicted molar refractivity (Wildman–Crippen MR) is 194 cm³/mol. The van der Waals surface area contributed by atoms with E-state index in [1.807, 2.05) is 32.7 Å². The molecule has 270 valence electrons. The van der Waals surface area contributed by atoms with E-state index in [9.17, 15) is 18.4 Å². The number of ketones is 2. The molecule has 0 saturated heterocycles. The Hall–Kier alpha value is -4.74. The summed E-state index contributed by atoms with van der Waals surface area (Å²) in [7, 11) is 1.88. The fourth-order valence-corrected chi connectivity index (χ4v) is 6.41. The van der Waals surface area contributed by atoms with Crippen molar-refractivity contribution in [3.8, 4) is 23.0 Å². The summed E-state index contributed by atoms with van der Waals surface area (Å²) < 4.78 is 27.0. The van der Waals surface area contributed by atoms with E-state index in [0.717, 1.165) is 66.9 Å². The highest BCUT2D eigenvalue weighted by atomic mass is 19.1. The molecule has 4 aromatic heterocycles. The van der Waals surface area contributed by atoms with Crippen LogP contribution in [0.4, 0.5) is 20.4 Å². The molecule has 0 atom stereocenters. The Morgan fingerprint density at radius 1 is 0.725 bits per heavy atom. The maximum atomic E-state index is 13.6. The average Bonchev–Trinajstić information content (AvgIpc) is 3.71. The minimum absolute atomic E-state index is 0.0387.